The number of methoxy groups -OCH3 is 1. The Balaban J connectivity index is 1.91. The Morgan fingerprint density at radius 1 is 1.12 bits per heavy atom. The van der Waals surface area contributed by atoms with Gasteiger partial charge in [0.05, 0.1) is 25.0 Å². The molecule has 0 atom stereocenters. The predicted molar refractivity (Wildman–Crippen MR) is 94.5 cm³/mol. The third kappa shape index (κ3) is 5.39. The fourth-order valence-electron chi connectivity index (χ4n) is 2.03. The van der Waals surface area contributed by atoms with E-state index in [1.54, 1.807) is 42.5 Å². The average Bonchev–Trinajstić information content (AvgIpc) is 2.61. The highest BCUT2D eigenvalue weighted by molar-refractivity contribution is 6.31. The first-order valence-electron chi connectivity index (χ1n) is 7.57. The van der Waals surface area contributed by atoms with Gasteiger partial charge < -0.3 is 19.5 Å². The molecular formula is C18H18ClNO5. The third-order valence-electron chi connectivity index (χ3n) is 3.17. The number of anilines is 1. The summed E-state index contributed by atoms with van der Waals surface area (Å²) in [6.07, 6.45) is 0. The van der Waals surface area contributed by atoms with Crippen LogP contribution in [0.4, 0.5) is 5.69 Å². The number of hydrogen-bond donors (Lipinski definition) is 1. The maximum absolute atomic E-state index is 12.0. The first kappa shape index (κ1) is 18.6. The van der Waals surface area contributed by atoms with Crippen LogP contribution in [0.15, 0.2) is 42.5 Å². The molecule has 7 heteroatoms. The van der Waals surface area contributed by atoms with E-state index in [1.165, 1.54) is 7.11 Å². The van der Waals surface area contributed by atoms with Gasteiger partial charge in [-0.05, 0) is 49.4 Å². The maximum atomic E-state index is 12.0. The van der Waals surface area contributed by atoms with Crippen LogP contribution in [0.3, 0.4) is 0 Å². The molecule has 6 nitrogen and oxygen atoms in total. The van der Waals surface area contributed by atoms with Crippen LogP contribution >= 0.6 is 11.6 Å². The summed E-state index contributed by atoms with van der Waals surface area (Å²) in [4.78, 5) is 23.9. The molecule has 0 aliphatic heterocycles. The van der Waals surface area contributed by atoms with E-state index in [-0.39, 0.29) is 0 Å². The van der Waals surface area contributed by atoms with Gasteiger partial charge in [-0.2, -0.15) is 0 Å². The second-order valence-corrected chi connectivity index (χ2v) is 5.36. The number of rotatable bonds is 7. The standard InChI is InChI=1S/C18H18ClNO5/c1-3-24-14-7-4-12(5-8-14)18(22)25-11-17(21)20-15-10-13(19)6-9-16(15)23-2/h4-10H,3,11H2,1-2H3,(H,20,21). The summed E-state index contributed by atoms with van der Waals surface area (Å²) < 4.78 is 15.4. The van der Waals surface area contributed by atoms with Gasteiger partial charge in [-0.15, -0.1) is 0 Å². The van der Waals surface area contributed by atoms with E-state index in [2.05, 4.69) is 5.32 Å². The van der Waals surface area contributed by atoms with Gasteiger partial charge in [0.2, 0.25) is 0 Å². The van der Waals surface area contributed by atoms with E-state index in [0.29, 0.717) is 34.4 Å². The lowest BCUT2D eigenvalue weighted by molar-refractivity contribution is -0.119. The van der Waals surface area contributed by atoms with Gasteiger partial charge in [0.25, 0.3) is 5.91 Å². The molecule has 0 fully saturated rings. The SMILES string of the molecule is CCOc1ccc(C(=O)OCC(=O)Nc2cc(Cl)ccc2OC)cc1. The summed E-state index contributed by atoms with van der Waals surface area (Å²) in [6, 6.07) is 11.3. The van der Waals surface area contributed by atoms with Crippen LogP contribution in [0.25, 0.3) is 0 Å². The Morgan fingerprint density at radius 2 is 1.84 bits per heavy atom. The number of benzene rings is 2. The van der Waals surface area contributed by atoms with Gasteiger partial charge in [-0.3, -0.25) is 4.79 Å². The molecule has 0 aliphatic carbocycles. The van der Waals surface area contributed by atoms with Gasteiger partial charge in [-0.1, -0.05) is 11.6 Å². The van der Waals surface area contributed by atoms with Crippen LogP contribution in [-0.4, -0.2) is 32.2 Å². The van der Waals surface area contributed by atoms with Crippen molar-refractivity contribution in [3.63, 3.8) is 0 Å². The molecular weight excluding hydrogens is 346 g/mol. The van der Waals surface area contributed by atoms with Crippen LogP contribution in [0, 0.1) is 0 Å². The topological polar surface area (TPSA) is 73.9 Å². The molecule has 132 valence electrons. The normalized spacial score (nSPS) is 10.0. The highest BCUT2D eigenvalue weighted by Crippen LogP contribution is 2.27. The molecule has 2 aromatic rings. The number of amides is 1. The van der Waals surface area contributed by atoms with E-state index in [9.17, 15) is 9.59 Å². The summed E-state index contributed by atoms with van der Waals surface area (Å²) in [5.74, 6) is 0.0107. The van der Waals surface area contributed by atoms with Crippen LogP contribution in [0.2, 0.25) is 5.02 Å². The zero-order valence-electron chi connectivity index (χ0n) is 13.9. The summed E-state index contributed by atoms with van der Waals surface area (Å²) in [7, 11) is 1.48. The molecule has 0 radical (unpaired) electrons. The zero-order valence-corrected chi connectivity index (χ0v) is 14.6. The number of nitrogens with one attached hydrogen (secondary N) is 1. The third-order valence-corrected chi connectivity index (χ3v) is 3.41. The molecule has 0 spiro atoms. The van der Waals surface area contributed by atoms with Crippen molar-refractivity contribution in [3.05, 3.63) is 53.1 Å². The van der Waals surface area contributed by atoms with Crippen LogP contribution in [0.5, 0.6) is 11.5 Å². The number of carbonyl (C=O) groups is 2. The van der Waals surface area contributed by atoms with E-state index in [1.807, 2.05) is 6.92 Å². The molecule has 0 aromatic heterocycles. The van der Waals surface area contributed by atoms with E-state index in [4.69, 9.17) is 25.8 Å². The Bertz CT molecular complexity index is 746. The second kappa shape index (κ2) is 8.94. The minimum Gasteiger partial charge on any atom is -0.495 e. The number of ether oxygens (including phenoxy) is 3. The minimum atomic E-state index is -0.601. The molecule has 1 amide bonds. The Hall–Kier alpha value is -2.73. The van der Waals surface area contributed by atoms with Gasteiger partial charge in [-0.25, -0.2) is 4.79 Å². The van der Waals surface area contributed by atoms with Gasteiger partial charge in [0.1, 0.15) is 11.5 Å². The van der Waals surface area contributed by atoms with Crippen molar-refractivity contribution in [1.82, 2.24) is 0 Å². The summed E-state index contributed by atoms with van der Waals surface area (Å²) >= 11 is 5.90. The first-order chi connectivity index (χ1) is 12.0. The molecule has 0 heterocycles. The van der Waals surface area contributed by atoms with Gasteiger partial charge in [0.15, 0.2) is 6.61 Å². The number of carbonyl (C=O) groups excluding carboxylic acids is 2. The fourth-order valence-corrected chi connectivity index (χ4v) is 2.20. The Labute approximate surface area is 150 Å². The largest absolute Gasteiger partial charge is 0.495 e. The molecule has 1 N–H and O–H groups in total. The lowest BCUT2D eigenvalue weighted by atomic mass is 10.2. The average molecular weight is 364 g/mol. The minimum absolute atomic E-state index is 0.330. The maximum Gasteiger partial charge on any atom is 0.338 e. The van der Waals surface area contributed by atoms with Crippen molar-refractivity contribution in [2.75, 3.05) is 25.6 Å². The zero-order chi connectivity index (χ0) is 18.2. The van der Waals surface area contributed by atoms with Crippen molar-refractivity contribution in [3.8, 4) is 11.5 Å². The van der Waals surface area contributed by atoms with E-state index >= 15 is 0 Å². The summed E-state index contributed by atoms with van der Waals surface area (Å²) in [5.41, 5.74) is 0.730. The van der Waals surface area contributed by atoms with Crippen LogP contribution < -0.4 is 14.8 Å². The Kier molecular flexibility index (Phi) is 6.65. The van der Waals surface area contributed by atoms with Crippen LogP contribution in [0.1, 0.15) is 17.3 Å². The highest BCUT2D eigenvalue weighted by Gasteiger charge is 2.12. The molecule has 0 aliphatic rings. The summed E-state index contributed by atoms with van der Waals surface area (Å²) in [6.45, 7) is 1.98. The lowest BCUT2D eigenvalue weighted by Crippen LogP contribution is -2.21. The fraction of sp³-hybridized carbons (Fsp3) is 0.222. The molecule has 2 aromatic carbocycles. The van der Waals surface area contributed by atoms with Crippen molar-refractivity contribution < 1.29 is 23.8 Å². The number of halogens is 1. The first-order valence-corrected chi connectivity index (χ1v) is 7.94. The van der Waals surface area contributed by atoms with E-state index in [0.717, 1.165) is 0 Å². The smallest absolute Gasteiger partial charge is 0.338 e. The van der Waals surface area contributed by atoms with Crippen molar-refractivity contribution in [1.29, 1.82) is 0 Å². The quantitative estimate of drug-likeness (QED) is 0.761. The molecule has 0 saturated heterocycles. The van der Waals surface area contributed by atoms with Crippen LogP contribution in [-0.2, 0) is 9.53 Å². The monoisotopic (exact) mass is 363 g/mol. The van der Waals surface area contributed by atoms with Crippen molar-refractivity contribution >= 4 is 29.2 Å². The molecule has 25 heavy (non-hydrogen) atoms. The van der Waals surface area contributed by atoms with Crippen molar-refractivity contribution in [2.45, 2.75) is 6.92 Å². The van der Waals surface area contributed by atoms with E-state index < -0.39 is 18.5 Å². The molecule has 0 saturated carbocycles. The summed E-state index contributed by atoms with van der Waals surface area (Å²) in [5, 5.41) is 3.04. The Morgan fingerprint density at radius 3 is 2.48 bits per heavy atom. The van der Waals surface area contributed by atoms with Gasteiger partial charge >= 0.3 is 5.97 Å². The number of esters is 1. The van der Waals surface area contributed by atoms with Gasteiger partial charge in [0, 0.05) is 5.02 Å². The van der Waals surface area contributed by atoms with Crippen molar-refractivity contribution in [2.24, 2.45) is 0 Å². The molecule has 0 bridgehead atoms. The molecule has 2 rings (SSSR count). The number of hydrogen-bond acceptors (Lipinski definition) is 5. The molecule has 0 unspecified atom stereocenters. The highest BCUT2D eigenvalue weighted by atomic mass is 35.5. The lowest BCUT2D eigenvalue weighted by Gasteiger charge is -2.11. The predicted octanol–water partition coefficient (Wildman–Crippen LogP) is 3.54. The second-order valence-electron chi connectivity index (χ2n) is 4.93.